The van der Waals surface area contributed by atoms with Crippen LogP contribution in [0.5, 0.6) is 11.5 Å². The highest BCUT2D eigenvalue weighted by atomic mass is 16.5. The fraction of sp³-hybridized carbons (Fsp3) is 0.194. The average Bonchev–Trinajstić information content (AvgIpc) is 3.35. The maximum atomic E-state index is 13.0. The van der Waals surface area contributed by atoms with E-state index >= 15 is 0 Å². The van der Waals surface area contributed by atoms with Crippen molar-refractivity contribution in [1.82, 2.24) is 10.3 Å². The number of fused-ring (bicyclic) bond motifs is 2. The molecule has 4 aromatic carbocycles. The lowest BCUT2D eigenvalue weighted by atomic mass is 9.89. The molecule has 2 N–H and O–H groups in total. The van der Waals surface area contributed by atoms with Crippen molar-refractivity contribution in [2.45, 2.75) is 18.8 Å². The van der Waals surface area contributed by atoms with Crippen LogP contribution in [0.3, 0.4) is 0 Å². The third kappa shape index (κ3) is 4.78. The van der Waals surface area contributed by atoms with Crippen LogP contribution in [-0.2, 0) is 11.2 Å². The molecule has 0 spiro atoms. The van der Waals surface area contributed by atoms with Crippen LogP contribution in [0.1, 0.15) is 29.0 Å². The van der Waals surface area contributed by atoms with Crippen LogP contribution in [0.4, 0.5) is 0 Å². The van der Waals surface area contributed by atoms with Gasteiger partial charge in [-0.2, -0.15) is 0 Å². The molecule has 5 heteroatoms. The number of carbonyl (C=O) groups excluding carboxylic acids is 1. The molecule has 0 bridgehead atoms. The van der Waals surface area contributed by atoms with E-state index in [1.54, 1.807) is 14.2 Å². The van der Waals surface area contributed by atoms with Gasteiger partial charge in [-0.25, -0.2) is 0 Å². The summed E-state index contributed by atoms with van der Waals surface area (Å²) in [7, 11) is 3.28. The molecule has 0 fully saturated rings. The number of nitrogens with one attached hydrogen (secondary N) is 2. The molecule has 1 unspecified atom stereocenters. The van der Waals surface area contributed by atoms with Crippen LogP contribution in [-0.4, -0.2) is 31.7 Å². The number of para-hydroxylation sites is 2. The number of methoxy groups -OCH3 is 2. The predicted octanol–water partition coefficient (Wildman–Crippen LogP) is 6.22. The number of hydrogen-bond donors (Lipinski definition) is 2. The maximum Gasteiger partial charge on any atom is 0.220 e. The molecular formula is C31H30N2O3. The SMILES string of the molecule is COc1cccc(C(CNC(=O)CCc2ccc3ccccc3c2)c2c[nH]c3ccccc23)c1OC. The minimum Gasteiger partial charge on any atom is -0.493 e. The first-order valence-corrected chi connectivity index (χ1v) is 12.2. The number of carbonyl (C=O) groups is 1. The zero-order valence-electron chi connectivity index (χ0n) is 20.6. The molecule has 0 saturated carbocycles. The summed E-state index contributed by atoms with van der Waals surface area (Å²) in [5.41, 5.74) is 4.29. The summed E-state index contributed by atoms with van der Waals surface area (Å²) >= 11 is 0. The van der Waals surface area contributed by atoms with Crippen molar-refractivity contribution in [3.63, 3.8) is 0 Å². The van der Waals surface area contributed by atoms with Gasteiger partial charge in [0, 0.05) is 41.5 Å². The van der Waals surface area contributed by atoms with Gasteiger partial charge in [0.1, 0.15) is 0 Å². The minimum atomic E-state index is -0.115. The van der Waals surface area contributed by atoms with Crippen LogP contribution < -0.4 is 14.8 Å². The number of amides is 1. The number of rotatable bonds is 9. The second-order valence-corrected chi connectivity index (χ2v) is 8.91. The monoisotopic (exact) mass is 478 g/mol. The maximum absolute atomic E-state index is 13.0. The lowest BCUT2D eigenvalue weighted by Crippen LogP contribution is -2.29. The van der Waals surface area contributed by atoms with Crippen LogP contribution in [0, 0.1) is 0 Å². The Morgan fingerprint density at radius 2 is 1.67 bits per heavy atom. The summed E-state index contributed by atoms with van der Waals surface area (Å²) in [6, 6.07) is 28.7. The van der Waals surface area contributed by atoms with E-state index in [2.05, 4.69) is 52.8 Å². The Kier molecular flexibility index (Phi) is 6.89. The molecule has 5 nitrogen and oxygen atoms in total. The van der Waals surface area contributed by atoms with E-state index in [1.165, 1.54) is 10.8 Å². The number of aryl methyl sites for hydroxylation is 1. The summed E-state index contributed by atoms with van der Waals surface area (Å²) in [6.45, 7) is 0.446. The molecule has 1 aromatic heterocycles. The molecule has 0 saturated heterocycles. The smallest absolute Gasteiger partial charge is 0.220 e. The first-order chi connectivity index (χ1) is 17.7. The quantitative estimate of drug-likeness (QED) is 0.264. The van der Waals surface area contributed by atoms with Gasteiger partial charge in [0.05, 0.1) is 14.2 Å². The molecule has 1 atom stereocenters. The highest BCUT2D eigenvalue weighted by Crippen LogP contribution is 2.40. The Balaban J connectivity index is 1.37. The van der Waals surface area contributed by atoms with Crippen LogP contribution in [0.2, 0.25) is 0 Å². The number of H-pyrrole nitrogens is 1. The molecule has 0 radical (unpaired) electrons. The highest BCUT2D eigenvalue weighted by molar-refractivity contribution is 5.85. The Morgan fingerprint density at radius 3 is 2.50 bits per heavy atom. The largest absolute Gasteiger partial charge is 0.493 e. The molecule has 1 amide bonds. The van der Waals surface area contributed by atoms with Crippen LogP contribution in [0.25, 0.3) is 21.7 Å². The van der Waals surface area contributed by atoms with Crippen molar-refractivity contribution in [3.8, 4) is 11.5 Å². The second kappa shape index (κ2) is 10.6. The third-order valence-corrected chi connectivity index (χ3v) is 6.76. The van der Waals surface area contributed by atoms with Gasteiger partial charge in [-0.05, 0) is 40.5 Å². The zero-order chi connectivity index (χ0) is 24.9. The van der Waals surface area contributed by atoms with E-state index in [0.29, 0.717) is 30.9 Å². The van der Waals surface area contributed by atoms with Gasteiger partial charge in [-0.3, -0.25) is 4.79 Å². The van der Waals surface area contributed by atoms with Crippen molar-refractivity contribution in [2.75, 3.05) is 20.8 Å². The molecule has 0 aliphatic heterocycles. The Hall–Kier alpha value is -4.25. The van der Waals surface area contributed by atoms with Crippen molar-refractivity contribution in [2.24, 2.45) is 0 Å². The second-order valence-electron chi connectivity index (χ2n) is 8.91. The van der Waals surface area contributed by atoms with Gasteiger partial charge >= 0.3 is 0 Å². The van der Waals surface area contributed by atoms with Gasteiger partial charge in [-0.1, -0.05) is 72.8 Å². The summed E-state index contributed by atoms with van der Waals surface area (Å²) in [4.78, 5) is 16.3. The first kappa shape index (κ1) is 23.5. The molecular weight excluding hydrogens is 448 g/mol. The summed E-state index contributed by atoms with van der Waals surface area (Å²) in [5, 5.41) is 6.71. The van der Waals surface area contributed by atoms with Gasteiger partial charge in [0.25, 0.3) is 0 Å². The fourth-order valence-electron chi connectivity index (χ4n) is 4.91. The number of ether oxygens (including phenoxy) is 2. The summed E-state index contributed by atoms with van der Waals surface area (Å²) in [6.07, 6.45) is 3.14. The van der Waals surface area contributed by atoms with Crippen molar-refractivity contribution in [1.29, 1.82) is 0 Å². The normalized spacial score (nSPS) is 11.9. The van der Waals surface area contributed by atoms with E-state index in [1.807, 2.05) is 48.7 Å². The fourth-order valence-corrected chi connectivity index (χ4v) is 4.91. The van der Waals surface area contributed by atoms with E-state index in [0.717, 1.165) is 27.6 Å². The van der Waals surface area contributed by atoms with E-state index in [-0.39, 0.29) is 11.8 Å². The molecule has 0 aliphatic carbocycles. The molecule has 5 aromatic rings. The standard InChI is InChI=1S/C31H30N2O3/c1-35-29-13-7-11-25(31(29)36-2)27(26-19-32-28-12-6-5-10-24(26)28)20-33-30(34)17-15-21-14-16-22-8-3-4-9-23(22)18-21/h3-14,16,18-19,27,32H,15,17,20H2,1-2H3,(H,33,34). The Morgan fingerprint density at radius 1 is 0.861 bits per heavy atom. The molecule has 182 valence electrons. The van der Waals surface area contributed by atoms with Crippen molar-refractivity contribution in [3.05, 3.63) is 108 Å². The highest BCUT2D eigenvalue weighted by Gasteiger charge is 2.24. The molecule has 1 heterocycles. The van der Waals surface area contributed by atoms with Crippen molar-refractivity contribution >= 4 is 27.6 Å². The number of aromatic amines is 1. The lowest BCUT2D eigenvalue weighted by molar-refractivity contribution is -0.121. The van der Waals surface area contributed by atoms with E-state index < -0.39 is 0 Å². The molecule has 36 heavy (non-hydrogen) atoms. The van der Waals surface area contributed by atoms with Gasteiger partial charge in [-0.15, -0.1) is 0 Å². The third-order valence-electron chi connectivity index (χ3n) is 6.76. The van der Waals surface area contributed by atoms with Gasteiger partial charge in [0.2, 0.25) is 5.91 Å². The predicted molar refractivity (Wildman–Crippen MR) is 145 cm³/mol. The number of hydrogen-bond acceptors (Lipinski definition) is 3. The topological polar surface area (TPSA) is 63.3 Å². The van der Waals surface area contributed by atoms with Gasteiger partial charge in [0.15, 0.2) is 11.5 Å². The molecule has 5 rings (SSSR count). The number of aromatic nitrogens is 1. The molecule has 0 aliphatic rings. The minimum absolute atomic E-state index is 0.0230. The summed E-state index contributed by atoms with van der Waals surface area (Å²) < 4.78 is 11.3. The van der Waals surface area contributed by atoms with E-state index in [9.17, 15) is 4.79 Å². The van der Waals surface area contributed by atoms with Gasteiger partial charge < -0.3 is 19.8 Å². The van der Waals surface area contributed by atoms with E-state index in [4.69, 9.17) is 9.47 Å². The Bertz CT molecular complexity index is 1500. The number of benzene rings is 4. The zero-order valence-corrected chi connectivity index (χ0v) is 20.6. The van der Waals surface area contributed by atoms with Crippen molar-refractivity contribution < 1.29 is 14.3 Å². The lowest BCUT2D eigenvalue weighted by Gasteiger charge is -2.22. The van der Waals surface area contributed by atoms with Crippen LogP contribution in [0.15, 0.2) is 91.1 Å². The average molecular weight is 479 g/mol. The first-order valence-electron chi connectivity index (χ1n) is 12.2. The Labute approximate surface area is 211 Å². The van der Waals surface area contributed by atoms with Crippen LogP contribution >= 0.6 is 0 Å². The summed E-state index contributed by atoms with van der Waals surface area (Å²) in [5.74, 6) is 1.26.